The van der Waals surface area contributed by atoms with E-state index in [0.29, 0.717) is 17.9 Å². The summed E-state index contributed by atoms with van der Waals surface area (Å²) in [4.78, 5) is 13.7. The van der Waals surface area contributed by atoms with Crippen LogP contribution in [0.2, 0.25) is 0 Å². The molecular weight excluding hydrogens is 170 g/mol. The van der Waals surface area contributed by atoms with Crippen LogP contribution in [0.4, 0.5) is 0 Å². The summed E-state index contributed by atoms with van der Waals surface area (Å²) in [6.07, 6.45) is 4.72. The number of amides is 1. The quantitative estimate of drug-likeness (QED) is 0.643. The first kappa shape index (κ1) is 8.42. The highest BCUT2D eigenvalue weighted by Crippen LogP contribution is 2.35. The number of rotatable bonds is 2. The summed E-state index contributed by atoms with van der Waals surface area (Å²) in [6, 6.07) is 0.551. The number of nitrogens with zero attached hydrogens (tertiary/aromatic N) is 1. The highest BCUT2D eigenvalue weighted by molar-refractivity contribution is 7.80. The van der Waals surface area contributed by atoms with Gasteiger partial charge in [0.15, 0.2) is 0 Å². The van der Waals surface area contributed by atoms with Crippen molar-refractivity contribution in [1.82, 2.24) is 4.90 Å². The van der Waals surface area contributed by atoms with Gasteiger partial charge in [-0.25, -0.2) is 0 Å². The molecule has 0 atom stereocenters. The van der Waals surface area contributed by atoms with E-state index in [0.717, 1.165) is 25.1 Å². The zero-order valence-corrected chi connectivity index (χ0v) is 8.09. The molecule has 1 aliphatic carbocycles. The molecule has 2 heterocycles. The molecule has 0 radical (unpaired) electrons. The van der Waals surface area contributed by atoms with Crippen molar-refractivity contribution in [3.63, 3.8) is 0 Å². The Morgan fingerprint density at radius 3 is 2.50 bits per heavy atom. The molecule has 1 amide bonds. The number of carbonyl (C=O) groups is 1. The minimum absolute atomic E-state index is 0.356. The monoisotopic (exact) mass is 185 g/mol. The lowest BCUT2D eigenvalue weighted by molar-refractivity contribution is -0.146. The number of hydrogen-bond acceptors (Lipinski definition) is 2. The normalized spacial score (nSPS) is 34.4. The summed E-state index contributed by atoms with van der Waals surface area (Å²) < 4.78 is 0. The fraction of sp³-hybridized carbons (Fsp3) is 0.889. The van der Waals surface area contributed by atoms with E-state index in [-0.39, 0.29) is 0 Å². The van der Waals surface area contributed by atoms with E-state index in [9.17, 15) is 4.79 Å². The van der Waals surface area contributed by atoms with Gasteiger partial charge in [0.2, 0.25) is 5.91 Å². The standard InChI is InChI=1S/C9H15NOS/c11-9-7-1-3-8(4-2-7)10(9)5-6-12/h7-8,12H,1-6H2. The van der Waals surface area contributed by atoms with Crippen molar-refractivity contribution in [3.8, 4) is 0 Å². The van der Waals surface area contributed by atoms with Crippen molar-refractivity contribution in [2.24, 2.45) is 5.92 Å². The van der Waals surface area contributed by atoms with Crippen LogP contribution in [0.5, 0.6) is 0 Å². The first-order valence-corrected chi connectivity index (χ1v) is 5.37. The van der Waals surface area contributed by atoms with Crippen molar-refractivity contribution < 1.29 is 4.79 Å². The molecule has 2 nitrogen and oxygen atoms in total. The van der Waals surface area contributed by atoms with Gasteiger partial charge < -0.3 is 4.90 Å². The highest BCUT2D eigenvalue weighted by atomic mass is 32.1. The van der Waals surface area contributed by atoms with E-state index in [1.54, 1.807) is 0 Å². The molecule has 1 saturated carbocycles. The number of fused-ring (bicyclic) bond motifs is 3. The zero-order valence-electron chi connectivity index (χ0n) is 7.20. The summed E-state index contributed by atoms with van der Waals surface area (Å²) in [5.41, 5.74) is 0. The van der Waals surface area contributed by atoms with E-state index in [4.69, 9.17) is 0 Å². The summed E-state index contributed by atoms with van der Waals surface area (Å²) >= 11 is 4.17. The van der Waals surface area contributed by atoms with Crippen LogP contribution in [0.25, 0.3) is 0 Å². The van der Waals surface area contributed by atoms with E-state index < -0.39 is 0 Å². The molecule has 0 N–H and O–H groups in total. The van der Waals surface area contributed by atoms with Crippen molar-refractivity contribution in [2.75, 3.05) is 12.3 Å². The van der Waals surface area contributed by atoms with Crippen LogP contribution in [0.3, 0.4) is 0 Å². The van der Waals surface area contributed by atoms with Crippen molar-refractivity contribution >= 4 is 18.5 Å². The highest BCUT2D eigenvalue weighted by Gasteiger charge is 2.39. The lowest BCUT2D eigenvalue weighted by Crippen LogP contribution is -2.52. The average molecular weight is 185 g/mol. The van der Waals surface area contributed by atoms with Crippen LogP contribution >= 0.6 is 12.6 Å². The minimum Gasteiger partial charge on any atom is -0.339 e. The van der Waals surface area contributed by atoms with Gasteiger partial charge >= 0.3 is 0 Å². The van der Waals surface area contributed by atoms with Crippen LogP contribution < -0.4 is 0 Å². The van der Waals surface area contributed by atoms with Crippen LogP contribution in [-0.2, 0) is 4.79 Å². The molecule has 0 unspecified atom stereocenters. The molecule has 2 bridgehead atoms. The fourth-order valence-corrected chi connectivity index (χ4v) is 2.66. The lowest BCUT2D eigenvalue weighted by atomic mass is 9.79. The van der Waals surface area contributed by atoms with E-state index in [1.807, 2.05) is 4.90 Å². The number of carbonyl (C=O) groups excluding carboxylic acids is 1. The Labute approximate surface area is 78.7 Å². The summed E-state index contributed by atoms with van der Waals surface area (Å²) in [5.74, 6) is 1.55. The summed E-state index contributed by atoms with van der Waals surface area (Å²) in [5, 5.41) is 0. The van der Waals surface area contributed by atoms with Crippen LogP contribution in [0, 0.1) is 5.92 Å². The van der Waals surface area contributed by atoms with Gasteiger partial charge in [-0.3, -0.25) is 4.79 Å². The Morgan fingerprint density at radius 1 is 1.33 bits per heavy atom. The molecule has 3 rings (SSSR count). The maximum absolute atomic E-state index is 11.7. The maximum Gasteiger partial charge on any atom is 0.225 e. The van der Waals surface area contributed by atoms with Gasteiger partial charge in [0.1, 0.15) is 0 Å². The molecule has 0 aromatic rings. The maximum atomic E-state index is 11.7. The van der Waals surface area contributed by atoms with Crippen LogP contribution in [-0.4, -0.2) is 29.1 Å². The minimum atomic E-state index is 0.356. The van der Waals surface area contributed by atoms with E-state index in [2.05, 4.69) is 12.6 Å². The van der Waals surface area contributed by atoms with Gasteiger partial charge in [-0.2, -0.15) is 12.6 Å². The van der Waals surface area contributed by atoms with Gasteiger partial charge in [0.05, 0.1) is 0 Å². The van der Waals surface area contributed by atoms with Crippen molar-refractivity contribution in [1.29, 1.82) is 0 Å². The first-order chi connectivity index (χ1) is 5.83. The Hall–Kier alpha value is -0.180. The number of thiol groups is 1. The van der Waals surface area contributed by atoms with Crippen LogP contribution in [0.15, 0.2) is 0 Å². The lowest BCUT2D eigenvalue weighted by Gasteiger charge is -2.44. The molecule has 2 aliphatic heterocycles. The molecule has 3 heteroatoms. The second kappa shape index (κ2) is 3.29. The Morgan fingerprint density at radius 2 is 2.00 bits per heavy atom. The Bertz CT molecular complexity index is 187. The van der Waals surface area contributed by atoms with Gasteiger partial charge in [-0.1, -0.05) is 0 Å². The number of piperidine rings is 2. The first-order valence-electron chi connectivity index (χ1n) is 4.74. The number of hydrogen-bond donors (Lipinski definition) is 1. The molecule has 68 valence electrons. The molecule has 12 heavy (non-hydrogen) atoms. The topological polar surface area (TPSA) is 20.3 Å². The Balaban J connectivity index is 2.07. The molecule has 0 aromatic carbocycles. The molecule has 0 spiro atoms. The summed E-state index contributed by atoms with van der Waals surface area (Å²) in [6.45, 7) is 0.850. The van der Waals surface area contributed by atoms with Crippen molar-refractivity contribution in [2.45, 2.75) is 31.7 Å². The predicted octanol–water partition coefficient (Wildman–Crippen LogP) is 1.32. The average Bonchev–Trinajstić information content (AvgIpc) is 2.12. The van der Waals surface area contributed by atoms with E-state index >= 15 is 0 Å². The second-order valence-corrected chi connectivity index (χ2v) is 4.21. The SMILES string of the molecule is O=C1C2CCC(CC2)N1CCS. The third-order valence-corrected chi connectivity index (χ3v) is 3.31. The summed E-state index contributed by atoms with van der Waals surface area (Å²) in [7, 11) is 0. The fourth-order valence-electron chi connectivity index (χ4n) is 2.45. The van der Waals surface area contributed by atoms with Crippen molar-refractivity contribution in [3.05, 3.63) is 0 Å². The third kappa shape index (κ3) is 1.24. The van der Waals surface area contributed by atoms with Gasteiger partial charge in [-0.05, 0) is 25.7 Å². The smallest absolute Gasteiger partial charge is 0.225 e. The molecule has 0 aromatic heterocycles. The van der Waals surface area contributed by atoms with Gasteiger partial charge in [0.25, 0.3) is 0 Å². The van der Waals surface area contributed by atoms with Gasteiger partial charge in [0, 0.05) is 24.3 Å². The third-order valence-electron chi connectivity index (χ3n) is 3.11. The molecule has 2 saturated heterocycles. The van der Waals surface area contributed by atoms with Crippen LogP contribution in [0.1, 0.15) is 25.7 Å². The largest absolute Gasteiger partial charge is 0.339 e. The van der Waals surface area contributed by atoms with E-state index in [1.165, 1.54) is 12.8 Å². The predicted molar refractivity (Wildman–Crippen MR) is 51.3 cm³/mol. The molecule has 3 aliphatic rings. The molecule has 3 fully saturated rings. The zero-order chi connectivity index (χ0) is 8.55. The van der Waals surface area contributed by atoms with Gasteiger partial charge in [-0.15, -0.1) is 0 Å². The second-order valence-electron chi connectivity index (χ2n) is 3.76. The Kier molecular flexibility index (Phi) is 2.31. The molecular formula is C9H15NOS.